The molecule has 0 radical (unpaired) electrons. The number of carbonyl (C=O) groups excluding carboxylic acids is 2. The third kappa shape index (κ3) is 4.46. The van der Waals surface area contributed by atoms with Crippen molar-refractivity contribution in [2.75, 3.05) is 11.9 Å². The van der Waals surface area contributed by atoms with Crippen molar-refractivity contribution in [3.63, 3.8) is 0 Å². The summed E-state index contributed by atoms with van der Waals surface area (Å²) in [6.07, 6.45) is 1.30. The minimum Gasteiger partial charge on any atom is -0.452 e. The molecule has 3 aromatic rings. The van der Waals surface area contributed by atoms with Gasteiger partial charge in [0.1, 0.15) is 5.15 Å². The lowest BCUT2D eigenvalue weighted by Crippen LogP contribution is -2.21. The fraction of sp³-hybridized carbons (Fsp3) is 0.0500. The molecule has 1 amide bonds. The molecule has 1 heterocycles. The third-order valence-corrected chi connectivity index (χ3v) is 3.81. The first-order valence-electron chi connectivity index (χ1n) is 7.86. The maximum atomic E-state index is 12.2. The second-order valence-electron chi connectivity index (χ2n) is 5.41. The van der Waals surface area contributed by atoms with Crippen LogP contribution in [0.5, 0.6) is 0 Å². The fourth-order valence-electron chi connectivity index (χ4n) is 2.36. The molecule has 0 atom stereocenters. The molecule has 5 nitrogen and oxygen atoms in total. The van der Waals surface area contributed by atoms with Crippen LogP contribution in [0.2, 0.25) is 5.15 Å². The lowest BCUT2D eigenvalue weighted by Gasteiger charge is -2.11. The zero-order valence-electron chi connectivity index (χ0n) is 13.7. The van der Waals surface area contributed by atoms with Crippen LogP contribution in [0.4, 0.5) is 5.69 Å². The predicted molar refractivity (Wildman–Crippen MR) is 100 cm³/mol. The molecular formula is C20H15ClN2O3. The van der Waals surface area contributed by atoms with Gasteiger partial charge in [-0.25, -0.2) is 9.78 Å². The number of amides is 1. The van der Waals surface area contributed by atoms with E-state index in [-0.39, 0.29) is 10.7 Å². The van der Waals surface area contributed by atoms with E-state index in [1.807, 2.05) is 48.5 Å². The molecule has 0 spiro atoms. The van der Waals surface area contributed by atoms with Gasteiger partial charge < -0.3 is 10.1 Å². The molecule has 130 valence electrons. The van der Waals surface area contributed by atoms with Crippen molar-refractivity contribution in [2.45, 2.75) is 0 Å². The molecule has 0 aliphatic heterocycles. The van der Waals surface area contributed by atoms with Crippen LogP contribution in [0.3, 0.4) is 0 Å². The van der Waals surface area contributed by atoms with Crippen LogP contribution in [0.15, 0.2) is 72.9 Å². The number of nitrogens with zero attached hydrogens (tertiary/aromatic N) is 1. The number of hydrogen-bond acceptors (Lipinski definition) is 4. The zero-order chi connectivity index (χ0) is 18.4. The number of benzene rings is 2. The molecule has 2 aromatic carbocycles. The Balaban J connectivity index is 1.64. The van der Waals surface area contributed by atoms with Crippen molar-refractivity contribution in [2.24, 2.45) is 0 Å². The van der Waals surface area contributed by atoms with E-state index < -0.39 is 18.5 Å². The summed E-state index contributed by atoms with van der Waals surface area (Å²) in [5.41, 5.74) is 2.74. The molecule has 1 N–H and O–H groups in total. The van der Waals surface area contributed by atoms with E-state index in [0.717, 1.165) is 11.1 Å². The van der Waals surface area contributed by atoms with Gasteiger partial charge in [0.05, 0.1) is 5.56 Å². The number of ether oxygens (including phenoxy) is 1. The second kappa shape index (κ2) is 8.27. The van der Waals surface area contributed by atoms with E-state index in [9.17, 15) is 9.59 Å². The normalized spacial score (nSPS) is 10.2. The van der Waals surface area contributed by atoms with Gasteiger partial charge in [0.2, 0.25) is 0 Å². The standard InChI is InChI=1S/C20H15ClN2O3/c21-18-11-10-15(12-22-18)20(25)26-13-19(24)23-17-9-5-4-8-16(17)14-6-2-1-3-7-14/h1-12H,13H2,(H,23,24). The maximum absolute atomic E-state index is 12.2. The smallest absolute Gasteiger partial charge is 0.340 e. The monoisotopic (exact) mass is 366 g/mol. The number of nitrogens with one attached hydrogen (secondary N) is 1. The molecule has 0 saturated heterocycles. The summed E-state index contributed by atoms with van der Waals surface area (Å²) in [4.78, 5) is 27.9. The first-order chi connectivity index (χ1) is 12.6. The van der Waals surface area contributed by atoms with Crippen LogP contribution < -0.4 is 5.32 Å². The molecule has 0 aliphatic rings. The van der Waals surface area contributed by atoms with Crippen LogP contribution in [-0.2, 0) is 9.53 Å². The van der Waals surface area contributed by atoms with Gasteiger partial charge in [0.25, 0.3) is 5.91 Å². The number of carbonyl (C=O) groups is 2. The molecule has 26 heavy (non-hydrogen) atoms. The highest BCUT2D eigenvalue weighted by molar-refractivity contribution is 6.29. The fourth-order valence-corrected chi connectivity index (χ4v) is 2.47. The minimum absolute atomic E-state index is 0.229. The number of rotatable bonds is 5. The van der Waals surface area contributed by atoms with Gasteiger partial charge in [-0.2, -0.15) is 0 Å². The highest BCUT2D eigenvalue weighted by atomic mass is 35.5. The van der Waals surface area contributed by atoms with Crippen LogP contribution >= 0.6 is 11.6 Å². The molecule has 0 unspecified atom stereocenters. The van der Waals surface area contributed by atoms with E-state index >= 15 is 0 Å². The van der Waals surface area contributed by atoms with Gasteiger partial charge in [-0.3, -0.25) is 4.79 Å². The molecule has 1 aromatic heterocycles. The molecule has 3 rings (SSSR count). The Morgan fingerprint density at radius 3 is 2.42 bits per heavy atom. The van der Waals surface area contributed by atoms with E-state index in [1.165, 1.54) is 18.3 Å². The average molecular weight is 367 g/mol. The molecule has 0 saturated carbocycles. The van der Waals surface area contributed by atoms with Crippen molar-refractivity contribution in [1.29, 1.82) is 0 Å². The SMILES string of the molecule is O=C(COC(=O)c1ccc(Cl)nc1)Nc1ccccc1-c1ccccc1. The quantitative estimate of drug-likeness (QED) is 0.543. The summed E-state index contributed by atoms with van der Waals surface area (Å²) in [5.74, 6) is -1.07. The van der Waals surface area contributed by atoms with Gasteiger partial charge in [-0.15, -0.1) is 0 Å². The van der Waals surface area contributed by atoms with Gasteiger partial charge >= 0.3 is 5.97 Å². The average Bonchev–Trinajstić information content (AvgIpc) is 2.68. The Bertz CT molecular complexity index is 912. The molecule has 0 bridgehead atoms. The summed E-state index contributed by atoms with van der Waals surface area (Å²) in [7, 11) is 0. The van der Waals surface area contributed by atoms with Crippen molar-refractivity contribution in [1.82, 2.24) is 4.98 Å². The first kappa shape index (κ1) is 17.6. The zero-order valence-corrected chi connectivity index (χ0v) is 14.4. The summed E-state index contributed by atoms with van der Waals surface area (Å²) in [6.45, 7) is -0.398. The lowest BCUT2D eigenvalue weighted by atomic mass is 10.0. The lowest BCUT2D eigenvalue weighted by molar-refractivity contribution is -0.119. The Morgan fingerprint density at radius 2 is 1.69 bits per heavy atom. The number of hydrogen-bond donors (Lipinski definition) is 1. The van der Waals surface area contributed by atoms with E-state index in [2.05, 4.69) is 10.3 Å². The number of aromatic nitrogens is 1. The van der Waals surface area contributed by atoms with Crippen molar-refractivity contribution >= 4 is 29.2 Å². The third-order valence-electron chi connectivity index (χ3n) is 3.58. The van der Waals surface area contributed by atoms with Crippen LogP contribution in [-0.4, -0.2) is 23.5 Å². The summed E-state index contributed by atoms with van der Waals surface area (Å²) < 4.78 is 5.01. The summed E-state index contributed by atoms with van der Waals surface area (Å²) in [5, 5.41) is 3.05. The minimum atomic E-state index is -0.638. The Morgan fingerprint density at radius 1 is 0.962 bits per heavy atom. The van der Waals surface area contributed by atoms with Crippen molar-refractivity contribution < 1.29 is 14.3 Å². The van der Waals surface area contributed by atoms with Crippen molar-refractivity contribution in [3.8, 4) is 11.1 Å². The highest BCUT2D eigenvalue weighted by Gasteiger charge is 2.12. The second-order valence-corrected chi connectivity index (χ2v) is 5.79. The highest BCUT2D eigenvalue weighted by Crippen LogP contribution is 2.27. The maximum Gasteiger partial charge on any atom is 0.340 e. The Labute approximate surface area is 155 Å². The number of para-hydroxylation sites is 1. The van der Waals surface area contributed by atoms with Crippen LogP contribution in [0.25, 0.3) is 11.1 Å². The van der Waals surface area contributed by atoms with Gasteiger partial charge in [0, 0.05) is 17.4 Å². The van der Waals surface area contributed by atoms with E-state index in [4.69, 9.17) is 16.3 Å². The number of pyridine rings is 1. The summed E-state index contributed by atoms with van der Waals surface area (Å²) in [6, 6.07) is 20.1. The number of halogens is 1. The molecule has 0 aliphatic carbocycles. The Hall–Kier alpha value is -3.18. The van der Waals surface area contributed by atoms with Crippen LogP contribution in [0.1, 0.15) is 10.4 Å². The molecule has 0 fully saturated rings. The molecular weight excluding hydrogens is 352 g/mol. The van der Waals surface area contributed by atoms with Gasteiger partial charge in [-0.05, 0) is 23.8 Å². The topological polar surface area (TPSA) is 68.3 Å². The summed E-state index contributed by atoms with van der Waals surface area (Å²) >= 11 is 5.67. The number of anilines is 1. The number of esters is 1. The van der Waals surface area contributed by atoms with E-state index in [0.29, 0.717) is 5.69 Å². The largest absolute Gasteiger partial charge is 0.452 e. The van der Waals surface area contributed by atoms with Crippen LogP contribution in [0, 0.1) is 0 Å². The van der Waals surface area contributed by atoms with Gasteiger partial charge in [-0.1, -0.05) is 60.1 Å². The Kier molecular flexibility index (Phi) is 5.61. The van der Waals surface area contributed by atoms with Gasteiger partial charge in [0.15, 0.2) is 6.61 Å². The van der Waals surface area contributed by atoms with E-state index in [1.54, 1.807) is 6.07 Å². The predicted octanol–water partition coefficient (Wildman–Crippen LogP) is 4.20. The van der Waals surface area contributed by atoms with Crippen molar-refractivity contribution in [3.05, 3.63) is 83.6 Å². The molecule has 6 heteroatoms. The first-order valence-corrected chi connectivity index (χ1v) is 8.24.